The molecule has 0 saturated carbocycles. The van der Waals surface area contributed by atoms with E-state index >= 15 is 0 Å². The number of piperidine rings is 1. The molecular formula is C15H18FNO2. The molecule has 0 radical (unpaired) electrons. The van der Waals surface area contributed by atoms with E-state index in [1.54, 1.807) is 12.1 Å². The summed E-state index contributed by atoms with van der Waals surface area (Å²) in [6, 6.07) is 5.88. The van der Waals surface area contributed by atoms with Gasteiger partial charge in [0.25, 0.3) is 0 Å². The number of carboxylic acids is 1. The molecule has 3 nitrogen and oxygen atoms in total. The molecule has 19 heavy (non-hydrogen) atoms. The zero-order chi connectivity index (χ0) is 13.7. The lowest BCUT2D eigenvalue weighted by atomic mass is 10.0. The maximum atomic E-state index is 12.7. The highest BCUT2D eigenvalue weighted by molar-refractivity contribution is 5.73. The van der Waals surface area contributed by atoms with Crippen LogP contribution in [0.5, 0.6) is 0 Å². The lowest BCUT2D eigenvalue weighted by Gasteiger charge is -2.31. The molecule has 1 aliphatic rings. The average molecular weight is 263 g/mol. The smallest absolute Gasteiger partial charge is 0.320 e. The van der Waals surface area contributed by atoms with Gasteiger partial charge in [-0.2, -0.15) is 0 Å². The van der Waals surface area contributed by atoms with E-state index in [2.05, 4.69) is 0 Å². The minimum Gasteiger partial charge on any atom is -0.480 e. The third-order valence-electron chi connectivity index (χ3n) is 3.42. The monoisotopic (exact) mass is 263 g/mol. The molecule has 4 heteroatoms. The topological polar surface area (TPSA) is 40.5 Å². The Balaban J connectivity index is 1.93. The van der Waals surface area contributed by atoms with Gasteiger partial charge in [0.05, 0.1) is 0 Å². The van der Waals surface area contributed by atoms with E-state index in [-0.39, 0.29) is 11.9 Å². The van der Waals surface area contributed by atoms with Crippen molar-refractivity contribution in [2.75, 3.05) is 13.1 Å². The first-order chi connectivity index (χ1) is 9.16. The van der Waals surface area contributed by atoms with Gasteiger partial charge in [0, 0.05) is 6.54 Å². The fourth-order valence-corrected chi connectivity index (χ4v) is 2.39. The standard InChI is InChI=1S/C15H18FNO2/c16-13-8-6-12(7-9-13)4-3-11-17-10-2-1-5-14(17)15(18)19/h3-4,6-9,14H,1-2,5,10-11H2,(H,18,19)/b4-3+. The first-order valence-corrected chi connectivity index (χ1v) is 6.56. The van der Waals surface area contributed by atoms with Crippen LogP contribution in [-0.4, -0.2) is 35.1 Å². The van der Waals surface area contributed by atoms with Gasteiger partial charge in [-0.25, -0.2) is 4.39 Å². The van der Waals surface area contributed by atoms with Crippen molar-refractivity contribution in [1.82, 2.24) is 4.90 Å². The summed E-state index contributed by atoms with van der Waals surface area (Å²) in [6.07, 6.45) is 6.59. The summed E-state index contributed by atoms with van der Waals surface area (Å²) >= 11 is 0. The Morgan fingerprint density at radius 1 is 1.37 bits per heavy atom. The van der Waals surface area contributed by atoms with Gasteiger partial charge in [-0.05, 0) is 37.1 Å². The predicted molar refractivity (Wildman–Crippen MR) is 72.3 cm³/mol. The number of nitrogens with zero attached hydrogens (tertiary/aromatic N) is 1. The highest BCUT2D eigenvalue weighted by Crippen LogP contribution is 2.17. The number of benzene rings is 1. The van der Waals surface area contributed by atoms with Crippen LogP contribution >= 0.6 is 0 Å². The molecule has 1 aromatic rings. The number of rotatable bonds is 4. The molecule has 1 N–H and O–H groups in total. The van der Waals surface area contributed by atoms with Crippen LogP contribution in [0.1, 0.15) is 24.8 Å². The minimum atomic E-state index is -0.741. The van der Waals surface area contributed by atoms with Crippen molar-refractivity contribution in [3.8, 4) is 0 Å². The number of likely N-dealkylation sites (tertiary alicyclic amines) is 1. The van der Waals surface area contributed by atoms with Gasteiger partial charge < -0.3 is 5.11 Å². The number of carbonyl (C=O) groups is 1. The molecule has 0 aromatic heterocycles. The summed E-state index contributed by atoms with van der Waals surface area (Å²) in [5.41, 5.74) is 0.922. The normalized spacial score (nSPS) is 20.8. The van der Waals surface area contributed by atoms with Crippen LogP contribution in [0.2, 0.25) is 0 Å². The maximum Gasteiger partial charge on any atom is 0.320 e. The second kappa shape index (κ2) is 6.48. The Kier molecular flexibility index (Phi) is 4.68. The summed E-state index contributed by atoms with van der Waals surface area (Å²) in [5, 5.41) is 9.15. The van der Waals surface area contributed by atoms with Gasteiger partial charge >= 0.3 is 5.97 Å². The first-order valence-electron chi connectivity index (χ1n) is 6.56. The third-order valence-corrected chi connectivity index (χ3v) is 3.42. The minimum absolute atomic E-state index is 0.251. The second-order valence-electron chi connectivity index (χ2n) is 4.80. The lowest BCUT2D eigenvalue weighted by molar-refractivity contribution is -0.144. The quantitative estimate of drug-likeness (QED) is 0.908. The number of hydrogen-bond acceptors (Lipinski definition) is 2. The number of aliphatic carboxylic acids is 1. The molecule has 1 aliphatic heterocycles. The Bertz CT molecular complexity index is 456. The molecule has 0 spiro atoms. The van der Waals surface area contributed by atoms with Crippen molar-refractivity contribution in [2.45, 2.75) is 25.3 Å². The molecule has 1 atom stereocenters. The van der Waals surface area contributed by atoms with E-state index in [9.17, 15) is 9.18 Å². The van der Waals surface area contributed by atoms with Crippen LogP contribution in [-0.2, 0) is 4.79 Å². The van der Waals surface area contributed by atoms with Crippen molar-refractivity contribution in [1.29, 1.82) is 0 Å². The largest absolute Gasteiger partial charge is 0.480 e. The van der Waals surface area contributed by atoms with Crippen molar-refractivity contribution < 1.29 is 14.3 Å². The van der Waals surface area contributed by atoms with Crippen molar-refractivity contribution in [2.24, 2.45) is 0 Å². The molecule has 0 bridgehead atoms. The number of hydrogen-bond donors (Lipinski definition) is 1. The van der Waals surface area contributed by atoms with Gasteiger partial charge in [0.2, 0.25) is 0 Å². The van der Waals surface area contributed by atoms with Gasteiger partial charge in [0.1, 0.15) is 11.9 Å². The van der Waals surface area contributed by atoms with Crippen molar-refractivity contribution >= 4 is 12.0 Å². The number of halogens is 1. The Morgan fingerprint density at radius 2 is 2.11 bits per heavy atom. The summed E-state index contributed by atoms with van der Waals surface area (Å²) in [5.74, 6) is -0.992. The molecule has 102 valence electrons. The molecule has 1 saturated heterocycles. The second-order valence-corrected chi connectivity index (χ2v) is 4.80. The summed E-state index contributed by atoms with van der Waals surface area (Å²) < 4.78 is 12.7. The molecule has 1 aromatic carbocycles. The van der Waals surface area contributed by atoms with Crippen molar-refractivity contribution in [3.63, 3.8) is 0 Å². The van der Waals surface area contributed by atoms with E-state index in [1.165, 1.54) is 12.1 Å². The molecule has 0 aliphatic carbocycles. The summed E-state index contributed by atoms with van der Waals surface area (Å²) in [6.45, 7) is 1.44. The van der Waals surface area contributed by atoms with Gasteiger partial charge in [0.15, 0.2) is 0 Å². The maximum absolute atomic E-state index is 12.7. The predicted octanol–water partition coefficient (Wildman–Crippen LogP) is 2.78. The van der Waals surface area contributed by atoms with Gasteiger partial charge in [-0.1, -0.05) is 30.7 Å². The van der Waals surface area contributed by atoms with E-state index in [4.69, 9.17) is 5.11 Å². The van der Waals surface area contributed by atoms with E-state index in [0.717, 1.165) is 31.4 Å². The average Bonchev–Trinajstić information content (AvgIpc) is 2.41. The third kappa shape index (κ3) is 3.89. The van der Waals surface area contributed by atoms with Gasteiger partial charge in [-0.3, -0.25) is 9.69 Å². The lowest BCUT2D eigenvalue weighted by Crippen LogP contribution is -2.44. The van der Waals surface area contributed by atoms with E-state index in [0.29, 0.717) is 6.54 Å². The van der Waals surface area contributed by atoms with E-state index in [1.807, 2.05) is 17.1 Å². The fourth-order valence-electron chi connectivity index (χ4n) is 2.39. The molecular weight excluding hydrogens is 245 g/mol. The van der Waals surface area contributed by atoms with Crippen LogP contribution in [0.25, 0.3) is 6.08 Å². The zero-order valence-electron chi connectivity index (χ0n) is 10.8. The fraction of sp³-hybridized carbons (Fsp3) is 0.400. The molecule has 1 fully saturated rings. The van der Waals surface area contributed by atoms with Crippen molar-refractivity contribution in [3.05, 3.63) is 41.7 Å². The highest BCUT2D eigenvalue weighted by atomic mass is 19.1. The molecule has 1 unspecified atom stereocenters. The van der Waals surface area contributed by atoms with Crippen LogP contribution in [0, 0.1) is 5.82 Å². The number of carboxylic acid groups (broad SMARTS) is 1. The summed E-state index contributed by atoms with van der Waals surface area (Å²) in [4.78, 5) is 13.1. The Morgan fingerprint density at radius 3 is 2.79 bits per heavy atom. The molecule has 1 heterocycles. The SMILES string of the molecule is O=C(O)C1CCCCN1C/C=C/c1ccc(F)cc1. The Hall–Kier alpha value is -1.68. The Labute approximate surface area is 112 Å². The molecule has 2 rings (SSSR count). The van der Waals surface area contributed by atoms with Crippen LogP contribution in [0.3, 0.4) is 0 Å². The first kappa shape index (κ1) is 13.7. The van der Waals surface area contributed by atoms with Crippen LogP contribution < -0.4 is 0 Å². The highest BCUT2D eigenvalue weighted by Gasteiger charge is 2.27. The van der Waals surface area contributed by atoms with Crippen LogP contribution in [0.4, 0.5) is 4.39 Å². The van der Waals surface area contributed by atoms with Crippen LogP contribution in [0.15, 0.2) is 30.3 Å². The molecule has 0 amide bonds. The zero-order valence-corrected chi connectivity index (χ0v) is 10.8. The van der Waals surface area contributed by atoms with E-state index < -0.39 is 5.97 Å². The van der Waals surface area contributed by atoms with Gasteiger partial charge in [-0.15, -0.1) is 0 Å². The summed E-state index contributed by atoms with van der Waals surface area (Å²) in [7, 11) is 0.